The van der Waals surface area contributed by atoms with E-state index in [1.54, 1.807) is 49.5 Å². The fraction of sp³-hybridized carbons (Fsp3) is 0.133. The monoisotopic (exact) mass is 317 g/mol. The SMILES string of the molecule is CC(Sc1cc(C#N)ccn1)C(=O)Nc1ccccc1Cl. The molecule has 0 aliphatic heterocycles. The number of carbonyl (C=O) groups excluding carboxylic acids is 1. The van der Waals surface area contributed by atoms with E-state index in [4.69, 9.17) is 16.9 Å². The van der Waals surface area contributed by atoms with Crippen LogP contribution in [0.3, 0.4) is 0 Å². The number of aromatic nitrogens is 1. The number of nitriles is 1. The topological polar surface area (TPSA) is 65.8 Å². The average molecular weight is 318 g/mol. The van der Waals surface area contributed by atoms with Gasteiger partial charge in [0.15, 0.2) is 0 Å². The van der Waals surface area contributed by atoms with Crippen molar-refractivity contribution in [2.75, 3.05) is 5.32 Å². The van der Waals surface area contributed by atoms with Gasteiger partial charge < -0.3 is 5.32 Å². The summed E-state index contributed by atoms with van der Waals surface area (Å²) in [5.74, 6) is -0.169. The van der Waals surface area contributed by atoms with E-state index >= 15 is 0 Å². The van der Waals surface area contributed by atoms with Crippen LogP contribution in [-0.2, 0) is 4.79 Å². The molecule has 1 heterocycles. The number of pyridine rings is 1. The standard InChI is InChI=1S/C15H12ClN3OS/c1-10(21-14-8-11(9-17)6-7-18-14)15(20)19-13-5-3-2-4-12(13)16/h2-8,10H,1H3,(H,19,20). The van der Waals surface area contributed by atoms with Crippen molar-refractivity contribution in [3.05, 3.63) is 53.2 Å². The van der Waals surface area contributed by atoms with E-state index in [0.29, 0.717) is 21.3 Å². The minimum absolute atomic E-state index is 0.169. The van der Waals surface area contributed by atoms with Crippen molar-refractivity contribution in [2.24, 2.45) is 0 Å². The van der Waals surface area contributed by atoms with Crippen molar-refractivity contribution < 1.29 is 4.79 Å². The van der Waals surface area contributed by atoms with E-state index in [9.17, 15) is 4.79 Å². The second-order valence-electron chi connectivity index (χ2n) is 4.22. The summed E-state index contributed by atoms with van der Waals surface area (Å²) < 4.78 is 0. The number of hydrogen-bond donors (Lipinski definition) is 1. The fourth-order valence-corrected chi connectivity index (χ4v) is 2.60. The first kappa shape index (κ1) is 15.4. The maximum Gasteiger partial charge on any atom is 0.237 e. The lowest BCUT2D eigenvalue weighted by atomic mass is 10.3. The van der Waals surface area contributed by atoms with E-state index in [2.05, 4.69) is 10.3 Å². The molecule has 0 aliphatic carbocycles. The number of thioether (sulfide) groups is 1. The molecule has 0 fully saturated rings. The van der Waals surface area contributed by atoms with Crippen molar-refractivity contribution in [2.45, 2.75) is 17.2 Å². The average Bonchev–Trinajstić information content (AvgIpc) is 2.49. The summed E-state index contributed by atoms with van der Waals surface area (Å²) in [6.45, 7) is 1.78. The van der Waals surface area contributed by atoms with Crippen LogP contribution in [0.25, 0.3) is 0 Å². The van der Waals surface area contributed by atoms with Gasteiger partial charge in [-0.15, -0.1) is 0 Å². The molecule has 0 saturated heterocycles. The van der Waals surface area contributed by atoms with Crippen molar-refractivity contribution in [3.8, 4) is 6.07 Å². The molecule has 1 aromatic heterocycles. The van der Waals surface area contributed by atoms with E-state index in [0.717, 1.165) is 0 Å². The van der Waals surface area contributed by atoms with Crippen LogP contribution in [-0.4, -0.2) is 16.1 Å². The number of benzene rings is 1. The van der Waals surface area contributed by atoms with Crippen molar-refractivity contribution in [3.63, 3.8) is 0 Å². The van der Waals surface area contributed by atoms with Gasteiger partial charge in [0.1, 0.15) is 0 Å². The molecule has 2 rings (SSSR count). The normalized spacial score (nSPS) is 11.5. The molecule has 0 bridgehead atoms. The van der Waals surface area contributed by atoms with Gasteiger partial charge >= 0.3 is 0 Å². The third-order valence-corrected chi connectivity index (χ3v) is 4.02. The van der Waals surface area contributed by atoms with Crippen LogP contribution in [0.4, 0.5) is 5.69 Å². The number of carbonyl (C=O) groups is 1. The molecule has 1 aromatic carbocycles. The molecule has 1 unspecified atom stereocenters. The highest BCUT2D eigenvalue weighted by molar-refractivity contribution is 8.00. The number of nitrogens with zero attached hydrogens (tertiary/aromatic N) is 2. The Morgan fingerprint density at radius 2 is 2.19 bits per heavy atom. The minimum Gasteiger partial charge on any atom is -0.324 e. The molecule has 0 radical (unpaired) electrons. The van der Waals surface area contributed by atoms with Gasteiger partial charge in [-0.2, -0.15) is 5.26 Å². The van der Waals surface area contributed by atoms with Crippen LogP contribution in [0.1, 0.15) is 12.5 Å². The van der Waals surface area contributed by atoms with Crippen LogP contribution in [0.15, 0.2) is 47.6 Å². The molecular weight excluding hydrogens is 306 g/mol. The zero-order valence-corrected chi connectivity index (χ0v) is 12.8. The van der Waals surface area contributed by atoms with E-state index in [-0.39, 0.29) is 11.2 Å². The highest BCUT2D eigenvalue weighted by Gasteiger charge is 2.16. The summed E-state index contributed by atoms with van der Waals surface area (Å²) in [6.07, 6.45) is 1.56. The Labute approximate surface area is 132 Å². The lowest BCUT2D eigenvalue weighted by Gasteiger charge is -2.12. The van der Waals surface area contributed by atoms with Gasteiger partial charge in [-0.3, -0.25) is 4.79 Å². The molecule has 2 aromatic rings. The van der Waals surface area contributed by atoms with Crippen molar-refractivity contribution >= 4 is 35.0 Å². The first-order chi connectivity index (χ1) is 10.1. The van der Waals surface area contributed by atoms with Gasteiger partial charge in [0.2, 0.25) is 5.91 Å². The molecule has 1 atom stereocenters. The number of halogens is 1. The van der Waals surface area contributed by atoms with Gasteiger partial charge in [0.05, 0.1) is 32.6 Å². The third kappa shape index (κ3) is 4.22. The Kier molecular flexibility index (Phi) is 5.20. The number of amides is 1. The molecule has 1 amide bonds. The van der Waals surface area contributed by atoms with Crippen LogP contribution >= 0.6 is 23.4 Å². The lowest BCUT2D eigenvalue weighted by Crippen LogP contribution is -2.22. The first-order valence-corrected chi connectivity index (χ1v) is 7.44. The second kappa shape index (κ2) is 7.11. The van der Waals surface area contributed by atoms with Gasteiger partial charge in [0, 0.05) is 6.20 Å². The Morgan fingerprint density at radius 3 is 2.90 bits per heavy atom. The maximum absolute atomic E-state index is 12.1. The van der Waals surface area contributed by atoms with E-state index < -0.39 is 0 Å². The highest BCUT2D eigenvalue weighted by atomic mass is 35.5. The summed E-state index contributed by atoms with van der Waals surface area (Å²) in [5.41, 5.74) is 1.10. The zero-order chi connectivity index (χ0) is 15.2. The molecule has 0 aliphatic rings. The zero-order valence-electron chi connectivity index (χ0n) is 11.2. The van der Waals surface area contributed by atoms with Crippen molar-refractivity contribution in [1.29, 1.82) is 5.26 Å². The summed E-state index contributed by atoms with van der Waals surface area (Å²) in [6, 6.07) is 12.4. The molecule has 21 heavy (non-hydrogen) atoms. The maximum atomic E-state index is 12.1. The van der Waals surface area contributed by atoms with Crippen LogP contribution in [0.2, 0.25) is 5.02 Å². The van der Waals surface area contributed by atoms with Crippen LogP contribution in [0, 0.1) is 11.3 Å². The van der Waals surface area contributed by atoms with Gasteiger partial charge in [-0.25, -0.2) is 4.98 Å². The third-order valence-electron chi connectivity index (χ3n) is 2.66. The van der Waals surface area contributed by atoms with Crippen molar-refractivity contribution in [1.82, 2.24) is 4.98 Å². The number of nitrogens with one attached hydrogen (secondary N) is 1. The number of hydrogen-bond acceptors (Lipinski definition) is 4. The quantitative estimate of drug-likeness (QED) is 0.873. The molecule has 0 spiro atoms. The van der Waals surface area contributed by atoms with E-state index in [1.165, 1.54) is 11.8 Å². The summed E-state index contributed by atoms with van der Waals surface area (Å²) in [7, 11) is 0. The predicted molar refractivity (Wildman–Crippen MR) is 84.4 cm³/mol. The largest absolute Gasteiger partial charge is 0.324 e. The minimum atomic E-state index is -0.359. The smallest absolute Gasteiger partial charge is 0.237 e. The van der Waals surface area contributed by atoms with E-state index in [1.807, 2.05) is 6.07 Å². The van der Waals surface area contributed by atoms with Crippen LogP contribution < -0.4 is 5.32 Å². The summed E-state index contributed by atoms with van der Waals surface area (Å²) in [5, 5.41) is 12.4. The highest BCUT2D eigenvalue weighted by Crippen LogP contribution is 2.25. The summed E-state index contributed by atoms with van der Waals surface area (Å²) >= 11 is 7.29. The van der Waals surface area contributed by atoms with Gasteiger partial charge in [-0.1, -0.05) is 35.5 Å². The molecule has 106 valence electrons. The second-order valence-corrected chi connectivity index (χ2v) is 5.99. The number of anilines is 1. The molecule has 4 nitrogen and oxygen atoms in total. The van der Waals surface area contributed by atoms with Gasteiger partial charge in [-0.05, 0) is 31.2 Å². The number of rotatable bonds is 4. The Bertz CT molecular complexity index is 699. The first-order valence-electron chi connectivity index (χ1n) is 6.18. The lowest BCUT2D eigenvalue weighted by molar-refractivity contribution is -0.115. The fourth-order valence-electron chi connectivity index (χ4n) is 1.58. The Morgan fingerprint density at radius 1 is 1.43 bits per heavy atom. The molecule has 1 N–H and O–H groups in total. The molecule has 0 saturated carbocycles. The molecule has 6 heteroatoms. The number of para-hydroxylation sites is 1. The Balaban J connectivity index is 2.03. The van der Waals surface area contributed by atoms with Crippen LogP contribution in [0.5, 0.6) is 0 Å². The molecular formula is C15H12ClN3OS. The predicted octanol–water partition coefficient (Wildman–Crippen LogP) is 3.73. The summed E-state index contributed by atoms with van der Waals surface area (Å²) in [4.78, 5) is 16.3. The Hall–Kier alpha value is -2.03. The van der Waals surface area contributed by atoms with Gasteiger partial charge in [0.25, 0.3) is 0 Å².